The molecule has 1 amide bonds. The summed E-state index contributed by atoms with van der Waals surface area (Å²) in [6.45, 7) is 3.42. The van der Waals surface area contributed by atoms with Crippen molar-refractivity contribution in [2.24, 2.45) is 0 Å². The van der Waals surface area contributed by atoms with Crippen molar-refractivity contribution in [2.75, 3.05) is 12.4 Å². The highest BCUT2D eigenvalue weighted by Crippen LogP contribution is 2.17. The van der Waals surface area contributed by atoms with Crippen LogP contribution in [0.15, 0.2) is 36.5 Å². The van der Waals surface area contributed by atoms with Crippen molar-refractivity contribution in [3.05, 3.63) is 42.1 Å². The number of benzene rings is 1. The summed E-state index contributed by atoms with van der Waals surface area (Å²) in [4.78, 5) is 21.9. The molecule has 19 heavy (non-hydrogen) atoms. The Morgan fingerprint density at radius 1 is 1.37 bits per heavy atom. The fourth-order valence-electron chi connectivity index (χ4n) is 1.51. The SMILES string of the molecule is COC(=O)/C=C/NC(C)c1cccc(NC(C)=O)c1. The van der Waals surface area contributed by atoms with Crippen LogP contribution in [0, 0.1) is 0 Å². The van der Waals surface area contributed by atoms with Crippen molar-refractivity contribution >= 4 is 17.6 Å². The highest BCUT2D eigenvalue weighted by atomic mass is 16.5. The second kappa shape index (κ2) is 7.20. The zero-order valence-corrected chi connectivity index (χ0v) is 11.3. The van der Waals surface area contributed by atoms with Gasteiger partial charge in [-0.2, -0.15) is 0 Å². The average molecular weight is 262 g/mol. The Bertz CT molecular complexity index is 483. The van der Waals surface area contributed by atoms with E-state index in [1.165, 1.54) is 20.1 Å². The van der Waals surface area contributed by atoms with Crippen LogP contribution in [0.1, 0.15) is 25.5 Å². The van der Waals surface area contributed by atoms with E-state index in [4.69, 9.17) is 0 Å². The third kappa shape index (κ3) is 5.25. The Hall–Kier alpha value is -2.30. The van der Waals surface area contributed by atoms with Gasteiger partial charge in [-0.25, -0.2) is 4.79 Å². The zero-order valence-electron chi connectivity index (χ0n) is 11.3. The summed E-state index contributed by atoms with van der Waals surface area (Å²) in [7, 11) is 1.33. The van der Waals surface area contributed by atoms with E-state index >= 15 is 0 Å². The van der Waals surface area contributed by atoms with Gasteiger partial charge in [-0.3, -0.25) is 4.79 Å². The number of hydrogen-bond donors (Lipinski definition) is 2. The molecule has 1 atom stereocenters. The summed E-state index contributed by atoms with van der Waals surface area (Å²) in [5.74, 6) is -0.518. The highest BCUT2D eigenvalue weighted by molar-refractivity contribution is 5.88. The number of methoxy groups -OCH3 is 1. The van der Waals surface area contributed by atoms with E-state index in [9.17, 15) is 9.59 Å². The Morgan fingerprint density at radius 3 is 2.74 bits per heavy atom. The first-order valence-electron chi connectivity index (χ1n) is 5.91. The van der Waals surface area contributed by atoms with Gasteiger partial charge in [-0.1, -0.05) is 12.1 Å². The van der Waals surface area contributed by atoms with Crippen molar-refractivity contribution < 1.29 is 14.3 Å². The zero-order chi connectivity index (χ0) is 14.3. The molecule has 5 nitrogen and oxygen atoms in total. The Labute approximate surface area is 112 Å². The molecular formula is C14H18N2O3. The molecule has 0 fully saturated rings. The van der Waals surface area contributed by atoms with Gasteiger partial charge < -0.3 is 15.4 Å². The molecule has 5 heteroatoms. The van der Waals surface area contributed by atoms with E-state index in [2.05, 4.69) is 15.4 Å². The van der Waals surface area contributed by atoms with Gasteiger partial charge in [0.25, 0.3) is 0 Å². The minimum atomic E-state index is -0.410. The topological polar surface area (TPSA) is 67.4 Å². The van der Waals surface area contributed by atoms with Crippen LogP contribution in [-0.4, -0.2) is 19.0 Å². The van der Waals surface area contributed by atoms with Gasteiger partial charge in [0.2, 0.25) is 5.91 Å². The number of ether oxygens (including phenoxy) is 1. The number of rotatable bonds is 5. The standard InChI is InChI=1S/C14H18N2O3/c1-10(15-8-7-14(18)19-3)12-5-4-6-13(9-12)16-11(2)17/h4-10,15H,1-3H3,(H,16,17)/b8-7+. The van der Waals surface area contributed by atoms with Gasteiger partial charge in [-0.15, -0.1) is 0 Å². The maximum absolute atomic E-state index is 11.0. The smallest absolute Gasteiger partial charge is 0.331 e. The molecule has 2 N–H and O–H groups in total. The van der Waals surface area contributed by atoms with Crippen LogP contribution in [0.2, 0.25) is 0 Å². The maximum atomic E-state index is 11.0. The number of carbonyl (C=O) groups is 2. The monoisotopic (exact) mass is 262 g/mol. The highest BCUT2D eigenvalue weighted by Gasteiger charge is 2.04. The van der Waals surface area contributed by atoms with E-state index in [-0.39, 0.29) is 11.9 Å². The molecule has 102 valence electrons. The van der Waals surface area contributed by atoms with Crippen LogP contribution in [0.3, 0.4) is 0 Å². The van der Waals surface area contributed by atoms with Gasteiger partial charge in [0.05, 0.1) is 7.11 Å². The fraction of sp³-hybridized carbons (Fsp3) is 0.286. The minimum absolute atomic E-state index is 0.00890. The Balaban J connectivity index is 2.66. The lowest BCUT2D eigenvalue weighted by Crippen LogP contribution is -2.13. The third-order valence-corrected chi connectivity index (χ3v) is 2.47. The molecule has 0 bridgehead atoms. The van der Waals surface area contributed by atoms with Crippen molar-refractivity contribution in [1.82, 2.24) is 5.32 Å². The molecule has 0 aliphatic carbocycles. The lowest BCUT2D eigenvalue weighted by atomic mass is 10.1. The summed E-state index contributed by atoms with van der Waals surface area (Å²) in [5, 5.41) is 5.78. The molecule has 1 aromatic rings. The summed E-state index contributed by atoms with van der Waals surface area (Å²) in [6.07, 6.45) is 2.86. The summed E-state index contributed by atoms with van der Waals surface area (Å²) in [5.41, 5.74) is 1.75. The van der Waals surface area contributed by atoms with Crippen LogP contribution in [0.4, 0.5) is 5.69 Å². The van der Waals surface area contributed by atoms with E-state index in [0.717, 1.165) is 11.3 Å². The molecule has 0 saturated heterocycles. The van der Waals surface area contributed by atoms with Gasteiger partial charge in [0, 0.05) is 30.9 Å². The van der Waals surface area contributed by atoms with E-state index in [1.54, 1.807) is 6.20 Å². The third-order valence-electron chi connectivity index (χ3n) is 2.47. The van der Waals surface area contributed by atoms with Crippen LogP contribution in [0.5, 0.6) is 0 Å². The van der Waals surface area contributed by atoms with Crippen LogP contribution in [0.25, 0.3) is 0 Å². The molecule has 0 radical (unpaired) electrons. The molecule has 0 saturated carbocycles. The van der Waals surface area contributed by atoms with Crippen molar-refractivity contribution in [1.29, 1.82) is 0 Å². The fourth-order valence-corrected chi connectivity index (χ4v) is 1.51. The van der Waals surface area contributed by atoms with E-state index < -0.39 is 5.97 Å². The molecule has 0 spiro atoms. The number of hydrogen-bond acceptors (Lipinski definition) is 4. The lowest BCUT2D eigenvalue weighted by Gasteiger charge is -2.13. The molecule has 1 unspecified atom stereocenters. The molecule has 0 aliphatic rings. The molecular weight excluding hydrogens is 244 g/mol. The van der Waals surface area contributed by atoms with E-state index in [1.807, 2.05) is 31.2 Å². The first-order valence-corrected chi connectivity index (χ1v) is 5.91. The number of esters is 1. The molecule has 0 aromatic heterocycles. The predicted molar refractivity (Wildman–Crippen MR) is 73.5 cm³/mol. The second-order valence-electron chi connectivity index (χ2n) is 4.05. The van der Waals surface area contributed by atoms with Crippen molar-refractivity contribution in [3.63, 3.8) is 0 Å². The first-order chi connectivity index (χ1) is 9.02. The minimum Gasteiger partial charge on any atom is -0.466 e. The Kier molecular flexibility index (Phi) is 5.60. The van der Waals surface area contributed by atoms with Gasteiger partial charge in [0.15, 0.2) is 0 Å². The van der Waals surface area contributed by atoms with Gasteiger partial charge in [0.1, 0.15) is 0 Å². The normalized spacial score (nSPS) is 11.9. The quantitative estimate of drug-likeness (QED) is 0.629. The second-order valence-corrected chi connectivity index (χ2v) is 4.05. The van der Waals surface area contributed by atoms with Crippen LogP contribution in [-0.2, 0) is 14.3 Å². The predicted octanol–water partition coefficient (Wildman–Crippen LogP) is 1.98. The first kappa shape index (κ1) is 14.8. The summed E-state index contributed by atoms with van der Waals surface area (Å²) in [6, 6.07) is 7.51. The van der Waals surface area contributed by atoms with Gasteiger partial charge in [-0.05, 0) is 24.6 Å². The molecule has 0 heterocycles. The van der Waals surface area contributed by atoms with Gasteiger partial charge >= 0.3 is 5.97 Å². The van der Waals surface area contributed by atoms with Crippen molar-refractivity contribution in [2.45, 2.75) is 19.9 Å². The largest absolute Gasteiger partial charge is 0.466 e. The molecule has 0 aliphatic heterocycles. The molecule has 1 aromatic carbocycles. The number of carbonyl (C=O) groups excluding carboxylic acids is 2. The number of anilines is 1. The number of amides is 1. The van der Waals surface area contributed by atoms with E-state index in [0.29, 0.717) is 0 Å². The summed E-state index contributed by atoms with van der Waals surface area (Å²) < 4.78 is 4.49. The van der Waals surface area contributed by atoms with Crippen LogP contribution >= 0.6 is 0 Å². The van der Waals surface area contributed by atoms with Crippen molar-refractivity contribution in [3.8, 4) is 0 Å². The lowest BCUT2D eigenvalue weighted by molar-refractivity contribution is -0.134. The Morgan fingerprint density at radius 2 is 2.11 bits per heavy atom. The van der Waals surface area contributed by atoms with Crippen LogP contribution < -0.4 is 10.6 Å². The summed E-state index contributed by atoms with van der Waals surface area (Å²) >= 11 is 0. The average Bonchev–Trinajstić information content (AvgIpc) is 2.37. The molecule has 1 rings (SSSR count). The maximum Gasteiger partial charge on any atom is 0.331 e. The number of nitrogens with one attached hydrogen (secondary N) is 2.